The first kappa shape index (κ1) is 12.0. The van der Waals surface area contributed by atoms with Crippen molar-refractivity contribution in [2.75, 3.05) is 0 Å². The topological polar surface area (TPSA) is 46.0 Å². The van der Waals surface area contributed by atoms with Crippen LogP contribution in [0.5, 0.6) is 0 Å². The average molecular weight is 298 g/mol. The van der Waals surface area contributed by atoms with Crippen LogP contribution in [-0.2, 0) is 0 Å². The Morgan fingerprint density at radius 3 is 2.35 bits per heavy atom. The fourth-order valence-corrected chi connectivity index (χ4v) is 3.98. The summed E-state index contributed by atoms with van der Waals surface area (Å²) in [6.45, 7) is 0. The van der Waals surface area contributed by atoms with Crippen LogP contribution < -0.4 is 0 Å². The molecule has 1 aliphatic rings. The monoisotopic (exact) mass is 298 g/mol. The fraction of sp³-hybridized carbons (Fsp3) is 0.0667. The molecule has 5 heteroatoms. The van der Waals surface area contributed by atoms with Crippen molar-refractivity contribution >= 4 is 33.8 Å². The lowest BCUT2D eigenvalue weighted by Gasteiger charge is -2.07. The Morgan fingerprint density at radius 1 is 0.950 bits per heavy atom. The molecule has 1 aliphatic carbocycles. The van der Waals surface area contributed by atoms with Crippen LogP contribution in [0.1, 0.15) is 27.2 Å². The van der Waals surface area contributed by atoms with Crippen LogP contribution in [0.3, 0.4) is 0 Å². The summed E-state index contributed by atoms with van der Waals surface area (Å²) in [7, 11) is 0. The van der Waals surface area contributed by atoms with Gasteiger partial charge in [-0.2, -0.15) is 0 Å². The Labute approximate surface area is 123 Å². The molecular formula is C15H10N2OS2. The third-order valence-corrected chi connectivity index (χ3v) is 4.97. The van der Waals surface area contributed by atoms with E-state index in [4.69, 9.17) is 0 Å². The molecule has 0 bridgehead atoms. The molecule has 0 spiro atoms. The van der Waals surface area contributed by atoms with Gasteiger partial charge in [-0.1, -0.05) is 24.3 Å². The highest BCUT2D eigenvalue weighted by molar-refractivity contribution is 7.11. The molecule has 98 valence electrons. The Kier molecular flexibility index (Phi) is 2.77. The third kappa shape index (κ3) is 1.67. The van der Waals surface area contributed by atoms with E-state index in [1.165, 1.54) is 0 Å². The zero-order valence-electron chi connectivity index (χ0n) is 10.4. The van der Waals surface area contributed by atoms with E-state index in [1.807, 2.05) is 35.0 Å². The van der Waals surface area contributed by atoms with Gasteiger partial charge in [-0.25, -0.2) is 9.97 Å². The van der Waals surface area contributed by atoms with E-state index in [1.54, 1.807) is 35.1 Å². The van der Waals surface area contributed by atoms with E-state index in [-0.39, 0.29) is 0 Å². The Balaban J connectivity index is 2.03. The molecule has 1 atom stereocenters. The van der Waals surface area contributed by atoms with Crippen molar-refractivity contribution in [1.29, 1.82) is 0 Å². The number of aromatic nitrogens is 2. The summed E-state index contributed by atoms with van der Waals surface area (Å²) >= 11 is 3.13. The predicted octanol–water partition coefficient (Wildman–Crippen LogP) is 3.61. The van der Waals surface area contributed by atoms with Crippen molar-refractivity contribution in [3.63, 3.8) is 0 Å². The molecule has 1 aromatic carbocycles. The summed E-state index contributed by atoms with van der Waals surface area (Å²) < 4.78 is 0. The molecule has 0 saturated heterocycles. The normalized spacial score (nSPS) is 17.6. The van der Waals surface area contributed by atoms with Gasteiger partial charge < -0.3 is 5.11 Å². The molecule has 1 N–H and O–H groups in total. The first-order valence-electron chi connectivity index (χ1n) is 6.17. The second-order valence-corrected chi connectivity index (χ2v) is 6.24. The number of aliphatic hydroxyl groups is 1. The minimum absolute atomic E-state index is 0.628. The number of benzene rings is 1. The number of rotatable bonds is 2. The Hall–Kier alpha value is -1.82. The summed E-state index contributed by atoms with van der Waals surface area (Å²) in [5, 5.41) is 16.3. The first-order valence-corrected chi connectivity index (χ1v) is 7.93. The highest BCUT2D eigenvalue weighted by atomic mass is 32.1. The highest BCUT2D eigenvalue weighted by Crippen LogP contribution is 2.48. The maximum atomic E-state index is 10.7. The van der Waals surface area contributed by atoms with E-state index in [2.05, 4.69) is 9.97 Å². The van der Waals surface area contributed by atoms with Gasteiger partial charge >= 0.3 is 0 Å². The van der Waals surface area contributed by atoms with E-state index in [9.17, 15) is 5.11 Å². The maximum absolute atomic E-state index is 10.7. The number of nitrogens with zero attached hydrogens (tertiary/aromatic N) is 2. The molecule has 0 aliphatic heterocycles. The zero-order valence-corrected chi connectivity index (χ0v) is 12.0. The summed E-state index contributed by atoms with van der Waals surface area (Å²) in [4.78, 5) is 8.79. The smallest absolute Gasteiger partial charge is 0.124 e. The van der Waals surface area contributed by atoms with E-state index in [0.29, 0.717) is 0 Å². The van der Waals surface area contributed by atoms with E-state index < -0.39 is 6.10 Å². The summed E-state index contributed by atoms with van der Waals surface area (Å²) in [6, 6.07) is 7.94. The SMILES string of the molecule is OC1C(c2nccs2)=C(c2nccs2)c2ccccc21. The van der Waals surface area contributed by atoms with Crippen LogP contribution in [0.15, 0.2) is 47.4 Å². The maximum Gasteiger partial charge on any atom is 0.124 e. The van der Waals surface area contributed by atoms with Crippen molar-refractivity contribution in [2.24, 2.45) is 0 Å². The van der Waals surface area contributed by atoms with Gasteiger partial charge in [-0.3, -0.25) is 0 Å². The van der Waals surface area contributed by atoms with E-state index in [0.717, 1.165) is 32.3 Å². The largest absolute Gasteiger partial charge is 0.383 e. The van der Waals surface area contributed by atoms with Crippen LogP contribution in [0.2, 0.25) is 0 Å². The van der Waals surface area contributed by atoms with Crippen molar-refractivity contribution in [2.45, 2.75) is 6.10 Å². The number of hydrogen-bond acceptors (Lipinski definition) is 5. The Bertz CT molecular complexity index is 776. The van der Waals surface area contributed by atoms with Crippen LogP contribution >= 0.6 is 22.7 Å². The minimum Gasteiger partial charge on any atom is -0.383 e. The van der Waals surface area contributed by atoms with Crippen molar-refractivity contribution in [3.05, 3.63) is 68.6 Å². The predicted molar refractivity (Wildman–Crippen MR) is 81.5 cm³/mol. The lowest BCUT2D eigenvalue weighted by Crippen LogP contribution is -1.96. The zero-order chi connectivity index (χ0) is 13.5. The Morgan fingerprint density at radius 2 is 1.65 bits per heavy atom. The molecule has 4 rings (SSSR count). The molecule has 20 heavy (non-hydrogen) atoms. The average Bonchev–Trinajstić information content (AvgIpc) is 3.18. The van der Waals surface area contributed by atoms with Gasteiger partial charge in [-0.05, 0) is 11.1 Å². The van der Waals surface area contributed by atoms with Gasteiger partial charge in [0.2, 0.25) is 0 Å². The molecular weight excluding hydrogens is 288 g/mol. The fourth-order valence-electron chi connectivity index (χ4n) is 2.56. The van der Waals surface area contributed by atoms with Gasteiger partial charge in [0.25, 0.3) is 0 Å². The van der Waals surface area contributed by atoms with Gasteiger partial charge in [0, 0.05) is 34.3 Å². The van der Waals surface area contributed by atoms with Crippen molar-refractivity contribution in [3.8, 4) is 0 Å². The van der Waals surface area contributed by atoms with Crippen LogP contribution in [-0.4, -0.2) is 15.1 Å². The summed E-state index contributed by atoms with van der Waals surface area (Å²) in [5.74, 6) is 0. The second-order valence-electron chi connectivity index (χ2n) is 4.45. The molecule has 3 nitrogen and oxygen atoms in total. The van der Waals surface area contributed by atoms with E-state index >= 15 is 0 Å². The number of hydrogen-bond donors (Lipinski definition) is 1. The first-order chi connectivity index (χ1) is 9.86. The van der Waals surface area contributed by atoms with Crippen molar-refractivity contribution < 1.29 is 5.11 Å². The van der Waals surface area contributed by atoms with Crippen LogP contribution in [0.4, 0.5) is 0 Å². The molecule has 1 unspecified atom stereocenters. The minimum atomic E-state index is -0.628. The number of aliphatic hydroxyl groups excluding tert-OH is 1. The standard InChI is InChI=1S/C15H10N2OS2/c18-13-10-4-2-1-3-9(10)11(14-16-5-7-19-14)12(13)15-17-6-8-20-15/h1-8,13,18H. The van der Waals surface area contributed by atoms with Gasteiger partial charge in [0.15, 0.2) is 0 Å². The van der Waals surface area contributed by atoms with Gasteiger partial charge in [-0.15, -0.1) is 22.7 Å². The molecule has 0 radical (unpaired) electrons. The van der Waals surface area contributed by atoms with Crippen LogP contribution in [0, 0.1) is 0 Å². The molecule has 3 aromatic rings. The highest BCUT2D eigenvalue weighted by Gasteiger charge is 2.33. The lowest BCUT2D eigenvalue weighted by atomic mass is 10.1. The number of thiazole rings is 2. The molecule has 0 fully saturated rings. The molecule has 2 aromatic heterocycles. The number of fused-ring (bicyclic) bond motifs is 1. The second kappa shape index (κ2) is 4.63. The van der Waals surface area contributed by atoms with Crippen LogP contribution in [0.25, 0.3) is 11.1 Å². The van der Waals surface area contributed by atoms with Crippen molar-refractivity contribution in [1.82, 2.24) is 9.97 Å². The molecule has 0 saturated carbocycles. The summed E-state index contributed by atoms with van der Waals surface area (Å²) in [5.41, 5.74) is 3.87. The van der Waals surface area contributed by atoms with Gasteiger partial charge in [0.1, 0.15) is 16.1 Å². The molecule has 2 heterocycles. The van der Waals surface area contributed by atoms with Gasteiger partial charge in [0.05, 0.1) is 0 Å². The lowest BCUT2D eigenvalue weighted by molar-refractivity contribution is 0.241. The molecule has 0 amide bonds. The quantitative estimate of drug-likeness (QED) is 0.786. The third-order valence-electron chi connectivity index (χ3n) is 3.38. The summed E-state index contributed by atoms with van der Waals surface area (Å²) in [6.07, 6.45) is 2.93.